The molecular weight excluding hydrogens is 278 g/mol. The number of nitrogens with one attached hydrogen (secondary N) is 1. The Morgan fingerprint density at radius 2 is 2.05 bits per heavy atom. The van der Waals surface area contributed by atoms with Crippen LogP contribution >= 0.6 is 0 Å². The molecule has 4 nitrogen and oxygen atoms in total. The van der Waals surface area contributed by atoms with Crippen LogP contribution in [0.5, 0.6) is 0 Å². The Morgan fingerprint density at radius 3 is 2.67 bits per heavy atom. The van der Waals surface area contributed by atoms with Crippen LogP contribution < -0.4 is 5.32 Å². The molecule has 0 fully saturated rings. The van der Waals surface area contributed by atoms with Gasteiger partial charge in [-0.15, -0.1) is 0 Å². The zero-order chi connectivity index (χ0) is 15.2. The third kappa shape index (κ3) is 5.24. The van der Waals surface area contributed by atoms with Gasteiger partial charge in [-0.1, -0.05) is 6.08 Å². The molecule has 1 aromatic rings. The summed E-state index contributed by atoms with van der Waals surface area (Å²) in [7, 11) is 1.81. The molecule has 0 unspecified atom stereocenters. The molecule has 0 saturated carbocycles. The molecule has 0 bridgehead atoms. The molecule has 1 amide bonds. The van der Waals surface area contributed by atoms with E-state index in [2.05, 4.69) is 11.4 Å². The van der Waals surface area contributed by atoms with Crippen LogP contribution in [0.4, 0.5) is 14.5 Å². The zero-order valence-electron chi connectivity index (χ0n) is 11.9. The first-order valence-corrected chi connectivity index (χ1v) is 6.73. The van der Waals surface area contributed by atoms with Crippen LogP contribution in [0.2, 0.25) is 0 Å². The largest absolute Gasteiger partial charge is 0.377 e. The fourth-order valence-electron chi connectivity index (χ4n) is 2.19. The highest BCUT2D eigenvalue weighted by molar-refractivity contribution is 5.92. The minimum Gasteiger partial charge on any atom is -0.377 e. The number of benzene rings is 1. The molecule has 114 valence electrons. The number of amides is 1. The predicted molar refractivity (Wildman–Crippen MR) is 76.0 cm³/mol. The molecule has 1 aliphatic heterocycles. The number of rotatable bonds is 5. The van der Waals surface area contributed by atoms with Crippen molar-refractivity contribution >= 4 is 11.6 Å². The molecule has 1 heterocycles. The van der Waals surface area contributed by atoms with Gasteiger partial charge in [-0.2, -0.15) is 0 Å². The van der Waals surface area contributed by atoms with Crippen LogP contribution in [0, 0.1) is 11.6 Å². The minimum absolute atomic E-state index is 0.117. The lowest BCUT2D eigenvalue weighted by Crippen LogP contribution is -2.32. The van der Waals surface area contributed by atoms with Crippen molar-refractivity contribution in [3.8, 4) is 0 Å². The Balaban J connectivity index is 1.84. The highest BCUT2D eigenvalue weighted by Crippen LogP contribution is 2.13. The first kappa shape index (κ1) is 15.6. The Morgan fingerprint density at radius 1 is 1.33 bits per heavy atom. The summed E-state index contributed by atoms with van der Waals surface area (Å²) in [6, 6.07) is 2.92. The molecule has 0 aliphatic carbocycles. The Kier molecular flexibility index (Phi) is 5.41. The van der Waals surface area contributed by atoms with Gasteiger partial charge in [0.15, 0.2) is 0 Å². The van der Waals surface area contributed by atoms with Crippen LogP contribution in [0.15, 0.2) is 29.8 Å². The van der Waals surface area contributed by atoms with Crippen molar-refractivity contribution in [3.05, 3.63) is 41.5 Å². The van der Waals surface area contributed by atoms with Crippen LogP contribution in [-0.2, 0) is 9.53 Å². The van der Waals surface area contributed by atoms with E-state index in [1.807, 2.05) is 4.90 Å². The van der Waals surface area contributed by atoms with E-state index in [1.54, 1.807) is 7.05 Å². The second kappa shape index (κ2) is 7.28. The quantitative estimate of drug-likeness (QED) is 0.847. The molecule has 0 atom stereocenters. The van der Waals surface area contributed by atoms with E-state index in [1.165, 1.54) is 0 Å². The standard InChI is InChI=1S/C15H18F2N2O2/c1-19(8-11-3-2-4-21-10-11)9-15(20)18-14-6-12(16)5-13(17)7-14/h3,5-7H,2,4,8-10H2,1H3,(H,18,20). The third-order valence-corrected chi connectivity index (χ3v) is 3.02. The minimum atomic E-state index is -0.719. The fourth-order valence-corrected chi connectivity index (χ4v) is 2.19. The molecule has 0 spiro atoms. The Bertz CT molecular complexity index is 526. The summed E-state index contributed by atoms with van der Waals surface area (Å²) in [5.74, 6) is -1.76. The number of ether oxygens (including phenoxy) is 1. The monoisotopic (exact) mass is 296 g/mol. The first-order chi connectivity index (χ1) is 10.0. The fraction of sp³-hybridized carbons (Fsp3) is 0.400. The zero-order valence-corrected chi connectivity index (χ0v) is 11.9. The summed E-state index contributed by atoms with van der Waals surface area (Å²) in [6.45, 7) is 2.08. The number of hydrogen-bond acceptors (Lipinski definition) is 3. The smallest absolute Gasteiger partial charge is 0.238 e. The second-order valence-corrected chi connectivity index (χ2v) is 5.08. The molecular formula is C15H18F2N2O2. The average molecular weight is 296 g/mol. The van der Waals surface area contributed by atoms with Crippen molar-refractivity contribution in [1.82, 2.24) is 4.90 Å². The number of hydrogen-bond donors (Lipinski definition) is 1. The van der Waals surface area contributed by atoms with Crippen molar-refractivity contribution in [2.24, 2.45) is 0 Å². The maximum Gasteiger partial charge on any atom is 0.238 e. The lowest BCUT2D eigenvalue weighted by atomic mass is 10.2. The number of carbonyl (C=O) groups is 1. The normalized spacial score (nSPS) is 15.0. The SMILES string of the molecule is CN(CC(=O)Nc1cc(F)cc(F)c1)CC1=CCCOC1. The van der Waals surface area contributed by atoms with Crippen molar-refractivity contribution < 1.29 is 18.3 Å². The highest BCUT2D eigenvalue weighted by Gasteiger charge is 2.11. The average Bonchev–Trinajstić information content (AvgIpc) is 2.37. The van der Waals surface area contributed by atoms with Crippen LogP contribution in [0.25, 0.3) is 0 Å². The van der Waals surface area contributed by atoms with Gasteiger partial charge in [-0.25, -0.2) is 8.78 Å². The number of halogens is 2. The van der Waals surface area contributed by atoms with E-state index >= 15 is 0 Å². The molecule has 6 heteroatoms. The van der Waals surface area contributed by atoms with Gasteiger partial charge in [0.1, 0.15) is 11.6 Å². The van der Waals surface area contributed by atoms with E-state index in [4.69, 9.17) is 4.74 Å². The third-order valence-electron chi connectivity index (χ3n) is 3.02. The molecule has 0 radical (unpaired) electrons. The van der Waals surface area contributed by atoms with Gasteiger partial charge >= 0.3 is 0 Å². The Labute approximate surface area is 122 Å². The van der Waals surface area contributed by atoms with Gasteiger partial charge < -0.3 is 10.1 Å². The number of likely N-dealkylation sites (N-methyl/N-ethyl adjacent to an activating group) is 1. The van der Waals surface area contributed by atoms with Crippen molar-refractivity contribution in [2.45, 2.75) is 6.42 Å². The molecule has 0 aromatic heterocycles. The van der Waals surface area contributed by atoms with E-state index < -0.39 is 11.6 Å². The van der Waals surface area contributed by atoms with Gasteiger partial charge in [-0.3, -0.25) is 9.69 Å². The van der Waals surface area contributed by atoms with Crippen molar-refractivity contribution in [2.75, 3.05) is 38.7 Å². The first-order valence-electron chi connectivity index (χ1n) is 6.73. The predicted octanol–water partition coefficient (Wildman–Crippen LogP) is 2.18. The van der Waals surface area contributed by atoms with Gasteiger partial charge in [0.25, 0.3) is 0 Å². The lowest BCUT2D eigenvalue weighted by Gasteiger charge is -2.20. The van der Waals surface area contributed by atoms with Crippen molar-refractivity contribution in [3.63, 3.8) is 0 Å². The molecule has 2 rings (SSSR count). The Hall–Kier alpha value is -1.79. The lowest BCUT2D eigenvalue weighted by molar-refractivity contribution is -0.117. The maximum absolute atomic E-state index is 13.0. The van der Waals surface area contributed by atoms with Crippen molar-refractivity contribution in [1.29, 1.82) is 0 Å². The summed E-state index contributed by atoms with van der Waals surface area (Å²) in [5, 5.41) is 2.48. The number of carbonyl (C=O) groups excluding carboxylic acids is 1. The number of anilines is 1. The summed E-state index contributed by atoms with van der Waals surface area (Å²) < 4.78 is 31.4. The van der Waals surface area contributed by atoms with Crippen LogP contribution in [0.1, 0.15) is 6.42 Å². The van der Waals surface area contributed by atoms with Gasteiger partial charge in [0, 0.05) is 18.3 Å². The summed E-state index contributed by atoms with van der Waals surface area (Å²) in [6.07, 6.45) is 3.00. The maximum atomic E-state index is 13.0. The van der Waals surface area contributed by atoms with E-state index in [9.17, 15) is 13.6 Å². The summed E-state index contributed by atoms with van der Waals surface area (Å²) in [4.78, 5) is 13.7. The second-order valence-electron chi connectivity index (χ2n) is 5.08. The van der Waals surface area contributed by atoms with Gasteiger partial charge in [-0.05, 0) is 31.2 Å². The molecule has 1 aromatic carbocycles. The molecule has 0 saturated heterocycles. The summed E-state index contributed by atoms with van der Waals surface area (Å²) in [5.41, 5.74) is 1.25. The van der Waals surface area contributed by atoms with E-state index in [0.29, 0.717) is 13.2 Å². The molecule has 1 N–H and O–H groups in total. The molecule has 1 aliphatic rings. The van der Waals surface area contributed by atoms with E-state index in [-0.39, 0.29) is 18.1 Å². The summed E-state index contributed by atoms with van der Waals surface area (Å²) >= 11 is 0. The highest BCUT2D eigenvalue weighted by atomic mass is 19.1. The number of nitrogens with zero attached hydrogens (tertiary/aromatic N) is 1. The molecule has 21 heavy (non-hydrogen) atoms. The van der Waals surface area contributed by atoms with E-state index in [0.717, 1.165) is 36.8 Å². The topological polar surface area (TPSA) is 41.6 Å². The van der Waals surface area contributed by atoms with Crippen LogP contribution in [0.3, 0.4) is 0 Å². The van der Waals surface area contributed by atoms with Gasteiger partial charge in [0.05, 0.1) is 19.8 Å². The van der Waals surface area contributed by atoms with Gasteiger partial charge in [0.2, 0.25) is 5.91 Å². The van der Waals surface area contributed by atoms with Crippen LogP contribution in [-0.4, -0.2) is 44.2 Å².